The minimum Gasteiger partial charge on any atom is -0.462 e. The van der Waals surface area contributed by atoms with E-state index in [-0.39, 0.29) is 41.7 Å². The van der Waals surface area contributed by atoms with Crippen LogP contribution in [-0.2, 0) is 19.1 Å². The zero-order valence-corrected chi connectivity index (χ0v) is 14.8. The van der Waals surface area contributed by atoms with Crippen LogP contribution < -0.4 is 0 Å². The van der Waals surface area contributed by atoms with Gasteiger partial charge in [0.15, 0.2) is 0 Å². The highest BCUT2D eigenvalue weighted by Crippen LogP contribution is 2.63. The minimum atomic E-state index is -0.644. The normalized spacial score (nSPS) is 35.1. The summed E-state index contributed by atoms with van der Waals surface area (Å²) < 4.78 is 11.7. The number of carbonyl (C=O) groups is 2. The van der Waals surface area contributed by atoms with Crippen LogP contribution in [0.1, 0.15) is 47.5 Å². The van der Waals surface area contributed by atoms with Gasteiger partial charge >= 0.3 is 11.9 Å². The summed E-state index contributed by atoms with van der Waals surface area (Å²) in [6, 6.07) is 0. The smallest absolute Gasteiger partial charge is 0.333 e. The fraction of sp³-hybridized carbons (Fsp3) is 0.789. The molecule has 4 nitrogen and oxygen atoms in total. The van der Waals surface area contributed by atoms with Crippen LogP contribution in [0.25, 0.3) is 0 Å². The molecule has 0 spiro atoms. The quantitative estimate of drug-likeness (QED) is 0.576. The molecule has 5 atom stereocenters. The van der Waals surface area contributed by atoms with E-state index in [0.717, 1.165) is 12.8 Å². The largest absolute Gasteiger partial charge is 0.462 e. The van der Waals surface area contributed by atoms with Crippen LogP contribution in [0.5, 0.6) is 0 Å². The van der Waals surface area contributed by atoms with Crippen LogP contribution in [0.15, 0.2) is 12.2 Å². The van der Waals surface area contributed by atoms with Gasteiger partial charge in [0.05, 0.1) is 5.92 Å². The maximum absolute atomic E-state index is 12.4. The Morgan fingerprint density at radius 2 is 1.87 bits per heavy atom. The number of ether oxygens (including phenoxy) is 2. The summed E-state index contributed by atoms with van der Waals surface area (Å²) in [5.74, 6) is 0.495. The summed E-state index contributed by atoms with van der Waals surface area (Å²) in [7, 11) is 0. The Kier molecular flexibility index (Phi) is 3.85. The van der Waals surface area contributed by atoms with Gasteiger partial charge in [-0.25, -0.2) is 4.79 Å². The lowest BCUT2D eigenvalue weighted by molar-refractivity contribution is -0.189. The van der Waals surface area contributed by atoms with E-state index in [1.807, 2.05) is 0 Å². The number of hydrogen-bond acceptors (Lipinski definition) is 4. The van der Waals surface area contributed by atoms with Crippen molar-refractivity contribution in [1.29, 1.82) is 0 Å². The van der Waals surface area contributed by atoms with Gasteiger partial charge in [-0.1, -0.05) is 34.3 Å². The van der Waals surface area contributed by atoms with Crippen LogP contribution in [-0.4, -0.2) is 23.6 Å². The molecule has 2 bridgehead atoms. The first-order valence-corrected chi connectivity index (χ1v) is 8.79. The summed E-state index contributed by atoms with van der Waals surface area (Å²) in [4.78, 5) is 24.8. The Morgan fingerprint density at radius 3 is 2.39 bits per heavy atom. The van der Waals surface area contributed by atoms with E-state index in [1.54, 1.807) is 6.92 Å². The summed E-state index contributed by atoms with van der Waals surface area (Å²) in [6.07, 6.45) is 2.05. The van der Waals surface area contributed by atoms with Crippen molar-refractivity contribution in [3.8, 4) is 0 Å². The molecule has 23 heavy (non-hydrogen) atoms. The maximum Gasteiger partial charge on any atom is 0.333 e. The first-order chi connectivity index (χ1) is 10.7. The topological polar surface area (TPSA) is 52.6 Å². The van der Waals surface area contributed by atoms with Crippen molar-refractivity contribution in [2.75, 3.05) is 0 Å². The van der Waals surface area contributed by atoms with E-state index in [9.17, 15) is 9.59 Å². The molecule has 1 aliphatic heterocycles. The molecule has 3 fully saturated rings. The number of carbonyl (C=O) groups excluding carboxylic acids is 2. The number of esters is 2. The molecule has 0 radical (unpaired) electrons. The molecule has 4 heteroatoms. The lowest BCUT2D eigenvalue weighted by atomic mass is 9.62. The fourth-order valence-electron chi connectivity index (χ4n) is 5.62. The molecular formula is C19H28O4. The van der Waals surface area contributed by atoms with Crippen LogP contribution in [0.4, 0.5) is 0 Å². The van der Waals surface area contributed by atoms with Gasteiger partial charge in [-0.2, -0.15) is 0 Å². The highest BCUT2D eigenvalue weighted by atomic mass is 16.6. The van der Waals surface area contributed by atoms with Crippen molar-refractivity contribution in [3.05, 3.63) is 12.2 Å². The van der Waals surface area contributed by atoms with Crippen LogP contribution >= 0.6 is 0 Å². The first kappa shape index (κ1) is 16.5. The zero-order valence-electron chi connectivity index (χ0n) is 14.8. The molecule has 2 aliphatic carbocycles. The summed E-state index contributed by atoms with van der Waals surface area (Å²) in [5, 5.41) is 0. The van der Waals surface area contributed by atoms with Crippen LogP contribution in [0, 0.1) is 35.5 Å². The van der Waals surface area contributed by atoms with E-state index in [2.05, 4.69) is 34.3 Å². The standard InChI is InChI=1S/C19H28O4/c1-9(2)17(20)23-19(10(3)4,11(5)6)16-12-7-13-14(8-12)22-18(21)15(13)16/h10-16H,1,7-8H2,2-6H3. The third-order valence-electron chi connectivity index (χ3n) is 6.43. The first-order valence-electron chi connectivity index (χ1n) is 8.79. The van der Waals surface area contributed by atoms with Gasteiger partial charge in [0.1, 0.15) is 11.7 Å². The van der Waals surface area contributed by atoms with Gasteiger partial charge < -0.3 is 9.47 Å². The SMILES string of the molecule is C=C(C)C(=O)OC(C(C)C)(C(C)C)C1C2CC3OC(=O)C1C3C2. The molecule has 0 aromatic heterocycles. The second kappa shape index (κ2) is 5.35. The lowest BCUT2D eigenvalue weighted by Gasteiger charge is -2.49. The molecule has 3 aliphatic rings. The molecular weight excluding hydrogens is 292 g/mol. The van der Waals surface area contributed by atoms with Gasteiger partial charge in [0, 0.05) is 17.4 Å². The van der Waals surface area contributed by atoms with Gasteiger partial charge in [-0.15, -0.1) is 0 Å². The number of fused-ring (bicyclic) bond motifs is 1. The van der Waals surface area contributed by atoms with Crippen molar-refractivity contribution in [3.63, 3.8) is 0 Å². The maximum atomic E-state index is 12.4. The van der Waals surface area contributed by atoms with Crippen molar-refractivity contribution in [1.82, 2.24) is 0 Å². The molecule has 1 saturated heterocycles. The average molecular weight is 320 g/mol. The monoisotopic (exact) mass is 320 g/mol. The van der Waals surface area contributed by atoms with Crippen LogP contribution in [0.2, 0.25) is 0 Å². The Morgan fingerprint density at radius 1 is 1.26 bits per heavy atom. The average Bonchev–Trinajstić information content (AvgIpc) is 3.05. The van der Waals surface area contributed by atoms with E-state index in [4.69, 9.17) is 9.47 Å². The zero-order chi connectivity index (χ0) is 17.1. The summed E-state index contributed by atoms with van der Waals surface area (Å²) in [5.41, 5.74) is -0.236. The van der Waals surface area contributed by atoms with Crippen molar-refractivity contribution in [2.45, 2.75) is 59.2 Å². The van der Waals surface area contributed by atoms with Gasteiger partial charge in [0.25, 0.3) is 0 Å². The van der Waals surface area contributed by atoms with Crippen molar-refractivity contribution >= 4 is 11.9 Å². The predicted molar refractivity (Wildman–Crippen MR) is 86.4 cm³/mol. The van der Waals surface area contributed by atoms with E-state index >= 15 is 0 Å². The van der Waals surface area contributed by atoms with Gasteiger partial charge in [-0.3, -0.25) is 4.79 Å². The van der Waals surface area contributed by atoms with Gasteiger partial charge in [0.2, 0.25) is 0 Å². The third kappa shape index (κ3) is 2.17. The number of rotatable bonds is 5. The number of hydrogen-bond donors (Lipinski definition) is 0. The van der Waals surface area contributed by atoms with E-state index in [0.29, 0.717) is 17.4 Å². The molecule has 1 heterocycles. The minimum absolute atomic E-state index is 0.0575. The Labute approximate surface area is 138 Å². The summed E-state index contributed by atoms with van der Waals surface area (Å²) in [6.45, 7) is 13.8. The van der Waals surface area contributed by atoms with E-state index in [1.165, 1.54) is 0 Å². The van der Waals surface area contributed by atoms with Crippen molar-refractivity contribution < 1.29 is 19.1 Å². The van der Waals surface area contributed by atoms with Crippen molar-refractivity contribution in [2.24, 2.45) is 35.5 Å². The van der Waals surface area contributed by atoms with Crippen LogP contribution in [0.3, 0.4) is 0 Å². The lowest BCUT2D eigenvalue weighted by Crippen LogP contribution is -2.56. The summed E-state index contributed by atoms with van der Waals surface area (Å²) >= 11 is 0. The second-order valence-electron chi connectivity index (χ2n) is 8.26. The third-order valence-corrected chi connectivity index (χ3v) is 6.43. The molecule has 0 aromatic rings. The molecule has 2 saturated carbocycles. The predicted octanol–water partition coefficient (Wildman–Crippen LogP) is 3.35. The second-order valence-corrected chi connectivity index (χ2v) is 8.26. The molecule has 128 valence electrons. The molecule has 0 amide bonds. The Balaban J connectivity index is 2.03. The highest BCUT2D eigenvalue weighted by Gasteiger charge is 2.69. The molecule has 0 N–H and O–H groups in total. The fourth-order valence-corrected chi connectivity index (χ4v) is 5.62. The Bertz CT molecular complexity index is 538. The Hall–Kier alpha value is -1.32. The van der Waals surface area contributed by atoms with E-state index < -0.39 is 5.60 Å². The van der Waals surface area contributed by atoms with Gasteiger partial charge in [-0.05, 0) is 37.5 Å². The molecule has 0 aromatic carbocycles. The molecule has 5 unspecified atom stereocenters. The molecule has 3 rings (SSSR count). The highest BCUT2D eigenvalue weighted by molar-refractivity contribution is 5.87.